The van der Waals surface area contributed by atoms with Crippen LogP contribution in [-0.4, -0.2) is 22.6 Å². The average molecular weight is 245 g/mol. The Morgan fingerprint density at radius 2 is 2.33 bits per heavy atom. The monoisotopic (exact) mass is 245 g/mol. The number of aryl methyl sites for hydroxylation is 1. The summed E-state index contributed by atoms with van der Waals surface area (Å²) in [7, 11) is 1.35. The number of hydrogen-bond acceptors (Lipinski definition) is 4. The molecule has 2 heterocycles. The predicted octanol–water partition coefficient (Wildman–Crippen LogP) is 1.61. The van der Waals surface area contributed by atoms with Crippen molar-refractivity contribution < 1.29 is 9.53 Å². The fraction of sp³-hybridized carbons (Fsp3) is 0.231. The summed E-state index contributed by atoms with van der Waals surface area (Å²) in [6.45, 7) is 2.47. The van der Waals surface area contributed by atoms with E-state index in [9.17, 15) is 4.79 Å². The van der Waals surface area contributed by atoms with E-state index in [1.54, 1.807) is 23.0 Å². The molecular weight excluding hydrogens is 230 g/mol. The Hall–Kier alpha value is -2.30. The highest BCUT2D eigenvalue weighted by Gasteiger charge is 2.14. The van der Waals surface area contributed by atoms with Crippen molar-refractivity contribution in [3.63, 3.8) is 0 Å². The number of methoxy groups -OCH3 is 1. The van der Waals surface area contributed by atoms with E-state index in [1.807, 2.05) is 19.1 Å². The summed E-state index contributed by atoms with van der Waals surface area (Å²) in [5.41, 5.74) is 8.65. The Morgan fingerprint density at radius 3 is 3.00 bits per heavy atom. The van der Waals surface area contributed by atoms with Crippen LogP contribution in [0.4, 0.5) is 5.69 Å². The van der Waals surface area contributed by atoms with Gasteiger partial charge >= 0.3 is 5.97 Å². The Kier molecular flexibility index (Phi) is 3.32. The van der Waals surface area contributed by atoms with Crippen molar-refractivity contribution in [1.29, 1.82) is 0 Å². The van der Waals surface area contributed by atoms with Crippen molar-refractivity contribution in [3.05, 3.63) is 47.5 Å². The molecule has 0 saturated carbocycles. The zero-order valence-electron chi connectivity index (χ0n) is 10.4. The summed E-state index contributed by atoms with van der Waals surface area (Å²) in [5, 5.41) is 0. The van der Waals surface area contributed by atoms with Gasteiger partial charge in [-0.3, -0.25) is 4.98 Å². The van der Waals surface area contributed by atoms with Crippen molar-refractivity contribution in [3.8, 4) is 0 Å². The summed E-state index contributed by atoms with van der Waals surface area (Å²) < 4.78 is 6.47. The standard InChI is InChI=1S/C13H15N3O2/c1-9-4-3-5-15-11(9)8-16-7-10(14)6-12(16)13(17)18-2/h3-7H,8,14H2,1-2H3. The Balaban J connectivity index is 2.35. The molecule has 0 unspecified atom stereocenters. The molecule has 0 bridgehead atoms. The number of nitrogens with two attached hydrogens (primary N) is 1. The number of carbonyl (C=O) groups is 1. The minimum Gasteiger partial charge on any atom is -0.464 e. The molecule has 0 aromatic carbocycles. The highest BCUT2D eigenvalue weighted by Crippen LogP contribution is 2.15. The van der Waals surface area contributed by atoms with E-state index in [1.165, 1.54) is 7.11 Å². The number of hydrogen-bond donors (Lipinski definition) is 1. The Bertz CT molecular complexity index is 575. The lowest BCUT2D eigenvalue weighted by Crippen LogP contribution is -2.12. The fourth-order valence-electron chi connectivity index (χ4n) is 1.78. The number of aromatic nitrogens is 2. The predicted molar refractivity (Wildman–Crippen MR) is 68.3 cm³/mol. The van der Waals surface area contributed by atoms with Gasteiger partial charge in [-0.1, -0.05) is 6.07 Å². The minimum atomic E-state index is -0.403. The zero-order chi connectivity index (χ0) is 13.1. The van der Waals surface area contributed by atoms with E-state index in [4.69, 9.17) is 10.5 Å². The van der Waals surface area contributed by atoms with Crippen LogP contribution in [0.2, 0.25) is 0 Å². The number of ether oxygens (including phenoxy) is 1. The normalized spacial score (nSPS) is 10.3. The molecular formula is C13H15N3O2. The first-order valence-electron chi connectivity index (χ1n) is 5.56. The summed E-state index contributed by atoms with van der Waals surface area (Å²) in [4.78, 5) is 15.9. The van der Waals surface area contributed by atoms with E-state index in [0.29, 0.717) is 17.9 Å². The van der Waals surface area contributed by atoms with Crippen LogP contribution in [-0.2, 0) is 11.3 Å². The lowest BCUT2D eigenvalue weighted by Gasteiger charge is -2.08. The second kappa shape index (κ2) is 4.91. The molecule has 0 spiro atoms. The van der Waals surface area contributed by atoms with Crippen LogP contribution in [0.15, 0.2) is 30.6 Å². The number of carbonyl (C=O) groups excluding carboxylic acids is 1. The van der Waals surface area contributed by atoms with Crippen molar-refractivity contribution in [2.45, 2.75) is 13.5 Å². The fourth-order valence-corrected chi connectivity index (χ4v) is 1.78. The van der Waals surface area contributed by atoms with Crippen LogP contribution in [0, 0.1) is 6.92 Å². The van der Waals surface area contributed by atoms with Crippen molar-refractivity contribution in [2.24, 2.45) is 0 Å². The molecule has 5 nitrogen and oxygen atoms in total. The lowest BCUT2D eigenvalue weighted by atomic mass is 10.2. The third-order valence-corrected chi connectivity index (χ3v) is 2.75. The summed E-state index contributed by atoms with van der Waals surface area (Å²) in [6.07, 6.45) is 3.44. The topological polar surface area (TPSA) is 70.1 Å². The molecule has 2 aromatic heterocycles. The molecule has 18 heavy (non-hydrogen) atoms. The number of pyridine rings is 1. The maximum Gasteiger partial charge on any atom is 0.354 e. The lowest BCUT2D eigenvalue weighted by molar-refractivity contribution is 0.0589. The van der Waals surface area contributed by atoms with Crippen molar-refractivity contribution >= 4 is 11.7 Å². The Morgan fingerprint density at radius 1 is 1.56 bits per heavy atom. The van der Waals surface area contributed by atoms with E-state index < -0.39 is 5.97 Å². The van der Waals surface area contributed by atoms with Crippen LogP contribution in [0.5, 0.6) is 0 Å². The molecule has 0 fully saturated rings. The van der Waals surface area contributed by atoms with Crippen LogP contribution < -0.4 is 5.73 Å². The van der Waals surface area contributed by atoms with Gasteiger partial charge in [0.2, 0.25) is 0 Å². The number of nitrogens with zero attached hydrogens (tertiary/aromatic N) is 2. The smallest absolute Gasteiger partial charge is 0.354 e. The van der Waals surface area contributed by atoms with Gasteiger partial charge < -0.3 is 15.0 Å². The molecule has 5 heteroatoms. The van der Waals surface area contributed by atoms with E-state index >= 15 is 0 Å². The first-order chi connectivity index (χ1) is 8.61. The van der Waals surface area contributed by atoms with E-state index in [0.717, 1.165) is 11.3 Å². The molecule has 94 valence electrons. The first-order valence-corrected chi connectivity index (χ1v) is 5.56. The zero-order valence-corrected chi connectivity index (χ0v) is 10.4. The van der Waals surface area contributed by atoms with Crippen LogP contribution in [0.25, 0.3) is 0 Å². The molecule has 0 aliphatic heterocycles. The number of anilines is 1. The molecule has 0 atom stereocenters. The Labute approximate surface area is 105 Å². The van der Waals surface area contributed by atoms with Gasteiger partial charge in [0.1, 0.15) is 5.69 Å². The molecule has 0 amide bonds. The SMILES string of the molecule is COC(=O)c1cc(N)cn1Cc1ncccc1C. The maximum absolute atomic E-state index is 11.6. The summed E-state index contributed by atoms with van der Waals surface area (Å²) in [6, 6.07) is 5.46. The van der Waals surface area contributed by atoms with Crippen LogP contribution >= 0.6 is 0 Å². The van der Waals surface area contributed by atoms with E-state index in [2.05, 4.69) is 4.98 Å². The molecule has 2 aromatic rings. The number of rotatable bonds is 3. The van der Waals surface area contributed by atoms with E-state index in [-0.39, 0.29) is 0 Å². The van der Waals surface area contributed by atoms with Gasteiger partial charge in [0.15, 0.2) is 0 Å². The quantitative estimate of drug-likeness (QED) is 0.834. The largest absolute Gasteiger partial charge is 0.464 e. The second-order valence-corrected chi connectivity index (χ2v) is 4.05. The highest BCUT2D eigenvalue weighted by atomic mass is 16.5. The van der Waals surface area contributed by atoms with Crippen LogP contribution in [0.3, 0.4) is 0 Å². The molecule has 2 rings (SSSR count). The molecule has 0 saturated heterocycles. The van der Waals surface area contributed by atoms with Crippen LogP contribution in [0.1, 0.15) is 21.7 Å². The number of nitrogen functional groups attached to an aromatic ring is 1. The highest BCUT2D eigenvalue weighted by molar-refractivity contribution is 5.89. The van der Waals surface area contributed by atoms with Crippen molar-refractivity contribution in [2.75, 3.05) is 12.8 Å². The minimum absolute atomic E-state index is 0.403. The van der Waals surface area contributed by atoms with Gasteiger partial charge in [0, 0.05) is 12.4 Å². The number of esters is 1. The van der Waals surface area contributed by atoms with Crippen molar-refractivity contribution in [1.82, 2.24) is 9.55 Å². The van der Waals surface area contributed by atoms with Gasteiger partial charge in [-0.15, -0.1) is 0 Å². The first kappa shape index (κ1) is 12.2. The molecule has 0 radical (unpaired) electrons. The average Bonchev–Trinajstić information content (AvgIpc) is 2.72. The molecule has 0 aliphatic carbocycles. The third kappa shape index (κ3) is 2.34. The third-order valence-electron chi connectivity index (χ3n) is 2.75. The van der Waals surface area contributed by atoms with Gasteiger partial charge in [-0.05, 0) is 24.6 Å². The second-order valence-electron chi connectivity index (χ2n) is 4.05. The van der Waals surface area contributed by atoms with Gasteiger partial charge in [0.05, 0.1) is 25.0 Å². The van der Waals surface area contributed by atoms with Gasteiger partial charge in [-0.2, -0.15) is 0 Å². The molecule has 0 aliphatic rings. The molecule has 2 N–H and O–H groups in total. The van der Waals surface area contributed by atoms with Gasteiger partial charge in [-0.25, -0.2) is 4.79 Å². The summed E-state index contributed by atoms with van der Waals surface area (Å²) in [5.74, 6) is -0.403. The van der Waals surface area contributed by atoms with Gasteiger partial charge in [0.25, 0.3) is 0 Å². The summed E-state index contributed by atoms with van der Waals surface area (Å²) >= 11 is 0. The maximum atomic E-state index is 11.6.